The van der Waals surface area contributed by atoms with Gasteiger partial charge in [-0.25, -0.2) is 4.98 Å². The molecule has 4 nitrogen and oxygen atoms in total. The lowest BCUT2D eigenvalue weighted by Gasteiger charge is -2.23. The van der Waals surface area contributed by atoms with Crippen LogP contribution in [0.5, 0.6) is 0 Å². The predicted molar refractivity (Wildman–Crippen MR) is 113 cm³/mol. The molecule has 1 N–H and O–H groups in total. The van der Waals surface area contributed by atoms with Gasteiger partial charge in [-0.3, -0.25) is 4.79 Å². The summed E-state index contributed by atoms with van der Waals surface area (Å²) in [5.74, 6) is 0.106. The van der Waals surface area contributed by atoms with Gasteiger partial charge in [0.25, 0.3) is 0 Å². The van der Waals surface area contributed by atoms with Crippen molar-refractivity contribution in [2.24, 2.45) is 0 Å². The molecule has 146 valence electrons. The number of carbonyl (C=O) groups is 1. The molecule has 1 unspecified atom stereocenters. The van der Waals surface area contributed by atoms with Gasteiger partial charge >= 0.3 is 0 Å². The highest BCUT2D eigenvalue weighted by molar-refractivity contribution is 7.12. The van der Waals surface area contributed by atoms with Crippen molar-refractivity contribution in [2.75, 3.05) is 19.6 Å². The summed E-state index contributed by atoms with van der Waals surface area (Å²) < 4.78 is 0. The van der Waals surface area contributed by atoms with Crippen LogP contribution in [0.3, 0.4) is 0 Å². The zero-order chi connectivity index (χ0) is 19.4. The number of likely N-dealkylation sites (tertiary alicyclic amines) is 1. The van der Waals surface area contributed by atoms with Gasteiger partial charge in [0, 0.05) is 23.0 Å². The van der Waals surface area contributed by atoms with Crippen LogP contribution in [-0.2, 0) is 11.2 Å². The van der Waals surface area contributed by atoms with Crippen LogP contribution in [0.4, 0.5) is 0 Å². The molecule has 0 radical (unpaired) electrons. The fourth-order valence-electron chi connectivity index (χ4n) is 3.68. The van der Waals surface area contributed by atoms with Crippen LogP contribution in [0.25, 0.3) is 11.3 Å². The van der Waals surface area contributed by atoms with E-state index in [1.54, 1.807) is 11.3 Å². The van der Waals surface area contributed by atoms with Crippen LogP contribution in [0.15, 0.2) is 18.2 Å². The Morgan fingerprint density at radius 1 is 1.22 bits per heavy atom. The molecule has 1 fully saturated rings. The van der Waals surface area contributed by atoms with Crippen molar-refractivity contribution in [2.45, 2.75) is 59.4 Å². The third kappa shape index (κ3) is 5.17. The standard InChI is InChI=1S/C22H31N3OS/c1-5-19(14-25-10-6-7-11-25)24-21(26)13-20-22(23-17(4)27-20)18-9-8-15(2)16(3)12-18/h8-9,12,19H,5-7,10-11,13-14H2,1-4H3,(H,24,26). The van der Waals surface area contributed by atoms with Gasteiger partial charge in [-0.1, -0.05) is 19.1 Å². The first kappa shape index (κ1) is 20.0. The largest absolute Gasteiger partial charge is 0.352 e. The van der Waals surface area contributed by atoms with Crippen molar-refractivity contribution in [3.8, 4) is 11.3 Å². The fourth-order valence-corrected chi connectivity index (χ4v) is 4.64. The topological polar surface area (TPSA) is 45.2 Å². The Morgan fingerprint density at radius 2 is 1.96 bits per heavy atom. The molecule has 2 heterocycles. The highest BCUT2D eigenvalue weighted by Gasteiger charge is 2.20. The number of nitrogens with one attached hydrogen (secondary N) is 1. The van der Waals surface area contributed by atoms with Crippen molar-refractivity contribution >= 4 is 17.2 Å². The summed E-state index contributed by atoms with van der Waals surface area (Å²) in [5.41, 5.74) is 4.60. The lowest BCUT2D eigenvalue weighted by atomic mass is 10.0. The second-order valence-electron chi connectivity index (χ2n) is 7.66. The summed E-state index contributed by atoms with van der Waals surface area (Å²) in [6.07, 6.45) is 3.94. The molecule has 0 spiro atoms. The van der Waals surface area contributed by atoms with Gasteiger partial charge < -0.3 is 10.2 Å². The summed E-state index contributed by atoms with van der Waals surface area (Å²) in [6.45, 7) is 11.7. The molecule has 1 aromatic carbocycles. The summed E-state index contributed by atoms with van der Waals surface area (Å²) in [5, 5.41) is 4.26. The number of nitrogens with zero attached hydrogens (tertiary/aromatic N) is 2. The van der Waals surface area contributed by atoms with E-state index in [0.717, 1.165) is 47.2 Å². The van der Waals surface area contributed by atoms with Crippen LogP contribution >= 0.6 is 11.3 Å². The highest BCUT2D eigenvalue weighted by Crippen LogP contribution is 2.29. The Balaban J connectivity index is 1.69. The van der Waals surface area contributed by atoms with E-state index in [0.29, 0.717) is 6.42 Å². The minimum atomic E-state index is 0.106. The molecule has 1 aliphatic heterocycles. The van der Waals surface area contributed by atoms with Crippen LogP contribution < -0.4 is 5.32 Å². The van der Waals surface area contributed by atoms with E-state index in [4.69, 9.17) is 4.98 Å². The van der Waals surface area contributed by atoms with E-state index in [-0.39, 0.29) is 11.9 Å². The molecular weight excluding hydrogens is 354 g/mol. The van der Waals surface area contributed by atoms with Gasteiger partial charge in [-0.2, -0.15) is 0 Å². The second-order valence-corrected chi connectivity index (χ2v) is 8.95. The zero-order valence-electron chi connectivity index (χ0n) is 17.0. The number of rotatable bonds is 7. The fraction of sp³-hybridized carbons (Fsp3) is 0.545. The van der Waals surface area contributed by atoms with Crippen molar-refractivity contribution in [3.05, 3.63) is 39.2 Å². The van der Waals surface area contributed by atoms with Crippen molar-refractivity contribution in [1.29, 1.82) is 0 Å². The zero-order valence-corrected chi connectivity index (χ0v) is 17.8. The quantitative estimate of drug-likeness (QED) is 0.774. The lowest BCUT2D eigenvalue weighted by Crippen LogP contribution is -2.43. The van der Waals surface area contributed by atoms with Crippen LogP contribution in [0, 0.1) is 20.8 Å². The van der Waals surface area contributed by atoms with Crippen LogP contribution in [0.2, 0.25) is 0 Å². The number of thiazole rings is 1. The molecule has 3 rings (SSSR count). The third-order valence-corrected chi connectivity index (χ3v) is 6.41. The molecule has 0 saturated carbocycles. The summed E-state index contributed by atoms with van der Waals surface area (Å²) in [4.78, 5) is 21.0. The van der Waals surface area contributed by atoms with Crippen LogP contribution in [0.1, 0.15) is 47.2 Å². The van der Waals surface area contributed by atoms with E-state index in [2.05, 4.69) is 49.2 Å². The molecule has 1 amide bonds. The number of hydrogen-bond acceptors (Lipinski definition) is 4. The summed E-state index contributed by atoms with van der Waals surface area (Å²) >= 11 is 1.63. The normalized spacial score (nSPS) is 15.9. The van der Waals surface area contributed by atoms with Crippen LogP contribution in [-0.4, -0.2) is 41.5 Å². The number of amides is 1. The molecular formula is C22H31N3OS. The molecule has 1 aromatic heterocycles. The minimum Gasteiger partial charge on any atom is -0.352 e. The smallest absolute Gasteiger partial charge is 0.225 e. The Hall–Kier alpha value is -1.72. The average Bonchev–Trinajstić information content (AvgIpc) is 3.26. The number of hydrogen-bond donors (Lipinski definition) is 1. The molecule has 1 aliphatic rings. The van der Waals surface area contributed by atoms with E-state index in [1.807, 2.05) is 6.92 Å². The maximum atomic E-state index is 12.7. The van der Waals surface area contributed by atoms with Gasteiger partial charge in [0.2, 0.25) is 5.91 Å². The van der Waals surface area contributed by atoms with Gasteiger partial charge in [0.05, 0.1) is 17.1 Å². The molecule has 1 saturated heterocycles. The van der Waals surface area contributed by atoms with Gasteiger partial charge in [-0.15, -0.1) is 11.3 Å². The van der Waals surface area contributed by atoms with Crippen molar-refractivity contribution in [3.63, 3.8) is 0 Å². The monoisotopic (exact) mass is 385 g/mol. The summed E-state index contributed by atoms with van der Waals surface area (Å²) in [7, 11) is 0. The molecule has 1 atom stereocenters. The Morgan fingerprint density at radius 3 is 2.63 bits per heavy atom. The maximum absolute atomic E-state index is 12.7. The first-order valence-electron chi connectivity index (χ1n) is 10.0. The molecule has 2 aromatic rings. The van der Waals surface area contributed by atoms with E-state index in [9.17, 15) is 4.79 Å². The van der Waals surface area contributed by atoms with Crippen molar-refractivity contribution < 1.29 is 4.79 Å². The predicted octanol–water partition coefficient (Wildman–Crippen LogP) is 4.27. The second kappa shape index (κ2) is 8.98. The van der Waals surface area contributed by atoms with Gasteiger partial charge in [-0.05, 0) is 70.3 Å². The number of aryl methyl sites for hydroxylation is 3. The number of carbonyl (C=O) groups excluding carboxylic acids is 1. The lowest BCUT2D eigenvalue weighted by molar-refractivity contribution is -0.121. The Bertz CT molecular complexity index is 793. The molecule has 5 heteroatoms. The molecule has 0 bridgehead atoms. The first-order chi connectivity index (χ1) is 13.0. The van der Waals surface area contributed by atoms with Gasteiger partial charge in [0.1, 0.15) is 0 Å². The Labute approximate surface area is 167 Å². The van der Waals surface area contributed by atoms with E-state index >= 15 is 0 Å². The maximum Gasteiger partial charge on any atom is 0.225 e. The summed E-state index contributed by atoms with van der Waals surface area (Å²) in [6, 6.07) is 6.65. The average molecular weight is 386 g/mol. The highest BCUT2D eigenvalue weighted by atomic mass is 32.1. The van der Waals surface area contributed by atoms with Gasteiger partial charge in [0.15, 0.2) is 0 Å². The van der Waals surface area contributed by atoms with Crippen molar-refractivity contribution in [1.82, 2.24) is 15.2 Å². The van der Waals surface area contributed by atoms with E-state index in [1.165, 1.54) is 24.0 Å². The molecule has 0 aliphatic carbocycles. The number of aromatic nitrogens is 1. The third-order valence-electron chi connectivity index (χ3n) is 5.44. The Kier molecular flexibility index (Phi) is 6.66. The minimum absolute atomic E-state index is 0.106. The molecule has 27 heavy (non-hydrogen) atoms. The van der Waals surface area contributed by atoms with E-state index < -0.39 is 0 Å². The first-order valence-corrected chi connectivity index (χ1v) is 10.8. The number of benzene rings is 1. The SMILES string of the molecule is CCC(CN1CCCC1)NC(=O)Cc1sc(C)nc1-c1ccc(C)c(C)c1.